The molecule has 25 heavy (non-hydrogen) atoms. The van der Waals surface area contributed by atoms with E-state index in [0.29, 0.717) is 12.5 Å². The van der Waals surface area contributed by atoms with Gasteiger partial charge in [-0.05, 0) is 68.0 Å². The van der Waals surface area contributed by atoms with Gasteiger partial charge in [-0.2, -0.15) is 5.26 Å². The van der Waals surface area contributed by atoms with Gasteiger partial charge in [0.2, 0.25) is 0 Å². The Labute approximate surface area is 150 Å². The molecule has 2 fully saturated rings. The highest BCUT2D eigenvalue weighted by Crippen LogP contribution is 2.30. The number of rotatable bonds is 6. The molecule has 0 amide bonds. The Bertz CT molecular complexity index is 638. The van der Waals surface area contributed by atoms with Crippen LogP contribution in [0.4, 0.5) is 5.69 Å². The third-order valence-electron chi connectivity index (χ3n) is 5.17. The maximum absolute atomic E-state index is 9.54. The molecule has 0 spiro atoms. The first kappa shape index (κ1) is 17.9. The van der Waals surface area contributed by atoms with Crippen LogP contribution < -0.4 is 11.1 Å². The van der Waals surface area contributed by atoms with Crippen LogP contribution in [0.25, 0.3) is 0 Å². The molecular formula is C20H28N4O. The number of benzene rings is 1. The highest BCUT2D eigenvalue weighted by atomic mass is 16.5. The second-order valence-corrected chi connectivity index (χ2v) is 6.93. The average Bonchev–Trinajstić information content (AvgIpc) is 3.18. The molecule has 2 aliphatic heterocycles. The second-order valence-electron chi connectivity index (χ2n) is 6.93. The third kappa shape index (κ3) is 4.82. The van der Waals surface area contributed by atoms with Crippen LogP contribution >= 0.6 is 0 Å². The zero-order valence-electron chi connectivity index (χ0n) is 14.8. The fourth-order valence-electron chi connectivity index (χ4n) is 3.69. The Morgan fingerprint density at radius 3 is 2.76 bits per heavy atom. The molecule has 134 valence electrons. The number of nitrogens with zero attached hydrogens (tertiary/aromatic N) is 2. The van der Waals surface area contributed by atoms with Crippen LogP contribution in [0.1, 0.15) is 42.7 Å². The van der Waals surface area contributed by atoms with Crippen molar-refractivity contribution in [2.24, 2.45) is 5.73 Å². The molecule has 1 aromatic carbocycles. The van der Waals surface area contributed by atoms with Gasteiger partial charge in [0.25, 0.3) is 0 Å². The van der Waals surface area contributed by atoms with Crippen LogP contribution in [0.2, 0.25) is 0 Å². The Morgan fingerprint density at radius 1 is 1.32 bits per heavy atom. The van der Waals surface area contributed by atoms with Crippen molar-refractivity contribution in [2.45, 2.75) is 31.6 Å². The first-order chi connectivity index (χ1) is 12.3. The lowest BCUT2D eigenvalue weighted by Gasteiger charge is -2.23. The van der Waals surface area contributed by atoms with Gasteiger partial charge in [0, 0.05) is 38.2 Å². The molecule has 2 heterocycles. The van der Waals surface area contributed by atoms with Gasteiger partial charge >= 0.3 is 0 Å². The van der Waals surface area contributed by atoms with E-state index < -0.39 is 0 Å². The van der Waals surface area contributed by atoms with Crippen molar-refractivity contribution >= 4 is 5.69 Å². The summed E-state index contributed by atoms with van der Waals surface area (Å²) in [5.41, 5.74) is 9.94. The van der Waals surface area contributed by atoms with Crippen LogP contribution in [-0.2, 0) is 4.74 Å². The number of nitrogens with two attached hydrogens (primary N) is 1. The molecule has 3 N–H and O–H groups in total. The molecule has 0 unspecified atom stereocenters. The molecule has 0 saturated carbocycles. The van der Waals surface area contributed by atoms with Crippen molar-refractivity contribution in [3.63, 3.8) is 0 Å². The Kier molecular flexibility index (Phi) is 6.46. The first-order valence-electron chi connectivity index (χ1n) is 9.29. The molecule has 0 radical (unpaired) electrons. The topological polar surface area (TPSA) is 74.3 Å². The lowest BCUT2D eigenvalue weighted by Crippen LogP contribution is -2.25. The van der Waals surface area contributed by atoms with E-state index in [9.17, 15) is 5.26 Å². The van der Waals surface area contributed by atoms with E-state index in [-0.39, 0.29) is 0 Å². The van der Waals surface area contributed by atoms with Crippen molar-refractivity contribution in [3.8, 4) is 6.07 Å². The van der Waals surface area contributed by atoms with Gasteiger partial charge in [-0.1, -0.05) is 6.07 Å². The molecule has 0 atom stereocenters. The molecule has 5 nitrogen and oxygen atoms in total. The van der Waals surface area contributed by atoms with Crippen LogP contribution in [0.15, 0.2) is 30.0 Å². The maximum Gasteiger partial charge on any atom is 0.0995 e. The summed E-state index contributed by atoms with van der Waals surface area (Å²) in [4.78, 5) is 2.44. The molecule has 1 aromatic rings. The highest BCUT2D eigenvalue weighted by Gasteiger charge is 2.19. The van der Waals surface area contributed by atoms with Gasteiger partial charge in [-0.15, -0.1) is 0 Å². The van der Waals surface area contributed by atoms with Gasteiger partial charge < -0.3 is 15.8 Å². The molecule has 2 aliphatic rings. The zero-order chi connectivity index (χ0) is 17.5. The molecule has 0 aromatic heterocycles. The molecular weight excluding hydrogens is 312 g/mol. The lowest BCUT2D eigenvalue weighted by atomic mass is 9.88. The summed E-state index contributed by atoms with van der Waals surface area (Å²) in [6.45, 7) is 5.37. The monoisotopic (exact) mass is 340 g/mol. The largest absolute Gasteiger partial charge is 0.381 e. The minimum Gasteiger partial charge on any atom is -0.381 e. The van der Waals surface area contributed by atoms with Crippen LogP contribution in [0, 0.1) is 11.3 Å². The SMILES string of the molecule is N#Cc1cc(N/C=C(\CN)CN2CCCC2)ccc1C1CCOCC1. The van der Waals surface area contributed by atoms with Crippen molar-refractivity contribution in [1.29, 1.82) is 5.26 Å². The third-order valence-corrected chi connectivity index (χ3v) is 5.17. The Balaban J connectivity index is 1.67. The van der Waals surface area contributed by atoms with Crippen LogP contribution in [-0.4, -0.2) is 44.3 Å². The van der Waals surface area contributed by atoms with E-state index in [4.69, 9.17) is 10.5 Å². The normalized spacial score (nSPS) is 19.8. The second kappa shape index (κ2) is 9.00. The Hall–Kier alpha value is -1.87. The molecule has 3 rings (SSSR count). The van der Waals surface area contributed by atoms with Gasteiger partial charge in [-0.25, -0.2) is 0 Å². The first-order valence-corrected chi connectivity index (χ1v) is 9.29. The average molecular weight is 340 g/mol. The van der Waals surface area contributed by atoms with Crippen LogP contribution in [0.5, 0.6) is 0 Å². The Morgan fingerprint density at radius 2 is 2.08 bits per heavy atom. The van der Waals surface area contributed by atoms with Crippen molar-refractivity contribution < 1.29 is 4.74 Å². The smallest absolute Gasteiger partial charge is 0.0995 e. The minimum atomic E-state index is 0.433. The number of ether oxygens (including phenoxy) is 1. The number of anilines is 1. The number of hydrogen-bond donors (Lipinski definition) is 2. The van der Waals surface area contributed by atoms with E-state index >= 15 is 0 Å². The fraction of sp³-hybridized carbons (Fsp3) is 0.550. The summed E-state index contributed by atoms with van der Waals surface area (Å²) in [5, 5.41) is 12.9. The maximum atomic E-state index is 9.54. The zero-order valence-corrected chi connectivity index (χ0v) is 14.8. The summed E-state index contributed by atoms with van der Waals surface area (Å²) in [7, 11) is 0. The van der Waals surface area contributed by atoms with Crippen molar-refractivity contribution in [2.75, 3.05) is 44.7 Å². The molecule has 0 aliphatic carbocycles. The van der Waals surface area contributed by atoms with E-state index in [1.807, 2.05) is 12.3 Å². The predicted octanol–water partition coefficient (Wildman–Crippen LogP) is 2.80. The van der Waals surface area contributed by atoms with E-state index in [1.165, 1.54) is 18.4 Å². The predicted molar refractivity (Wildman–Crippen MR) is 100 cm³/mol. The summed E-state index contributed by atoms with van der Waals surface area (Å²) in [6.07, 6.45) is 6.56. The molecule has 2 saturated heterocycles. The van der Waals surface area contributed by atoms with Gasteiger partial charge in [0.1, 0.15) is 0 Å². The minimum absolute atomic E-state index is 0.433. The number of nitriles is 1. The number of hydrogen-bond acceptors (Lipinski definition) is 5. The quantitative estimate of drug-likeness (QED) is 0.833. The molecule has 0 bridgehead atoms. The highest BCUT2D eigenvalue weighted by molar-refractivity contribution is 5.55. The van der Waals surface area contributed by atoms with Gasteiger partial charge in [-0.3, -0.25) is 4.90 Å². The van der Waals surface area contributed by atoms with Gasteiger partial charge in [0.15, 0.2) is 0 Å². The van der Waals surface area contributed by atoms with E-state index in [2.05, 4.69) is 28.4 Å². The summed E-state index contributed by atoms with van der Waals surface area (Å²) >= 11 is 0. The van der Waals surface area contributed by atoms with Crippen LogP contribution in [0.3, 0.4) is 0 Å². The number of likely N-dealkylation sites (tertiary alicyclic amines) is 1. The number of nitrogens with one attached hydrogen (secondary N) is 1. The van der Waals surface area contributed by atoms with Crippen molar-refractivity contribution in [3.05, 3.63) is 41.1 Å². The standard InChI is InChI=1S/C20H28N4O/c21-12-16(15-24-7-1-2-8-24)14-23-19-3-4-20(18(11-19)13-22)17-5-9-25-10-6-17/h3-4,11,14,17,23H,1-2,5-10,12,15,21H2/b16-14+. The van der Waals surface area contributed by atoms with E-state index in [0.717, 1.165) is 62.5 Å². The van der Waals surface area contributed by atoms with E-state index in [1.54, 1.807) is 0 Å². The fourth-order valence-corrected chi connectivity index (χ4v) is 3.69. The summed E-state index contributed by atoms with van der Waals surface area (Å²) in [5.74, 6) is 0.433. The van der Waals surface area contributed by atoms with Crippen molar-refractivity contribution in [1.82, 2.24) is 4.90 Å². The summed E-state index contributed by atoms with van der Waals surface area (Å²) < 4.78 is 5.43. The molecule has 5 heteroatoms. The lowest BCUT2D eigenvalue weighted by molar-refractivity contribution is 0.0853. The summed E-state index contributed by atoms with van der Waals surface area (Å²) in [6, 6.07) is 8.46. The van der Waals surface area contributed by atoms with Gasteiger partial charge in [0.05, 0.1) is 11.6 Å².